The largest absolute Gasteiger partial charge is 0.261 e. The first-order valence-electron chi connectivity index (χ1n) is 4.64. The Morgan fingerprint density at radius 1 is 1.15 bits per heavy atom. The third-order valence-corrected chi connectivity index (χ3v) is 1.98. The molecular formula is C12H17N. The summed E-state index contributed by atoms with van der Waals surface area (Å²) in [5.41, 5.74) is 2.55. The molecule has 0 unspecified atom stereocenters. The van der Waals surface area contributed by atoms with Crippen LogP contribution in [0.1, 0.15) is 33.3 Å². The molecule has 0 saturated heterocycles. The average molecular weight is 175 g/mol. The number of hydrogen-bond acceptors (Lipinski definition) is 1. The topological polar surface area (TPSA) is 12.4 Å². The summed E-state index contributed by atoms with van der Waals surface area (Å²) >= 11 is 0. The molecule has 13 heavy (non-hydrogen) atoms. The second-order valence-electron chi connectivity index (χ2n) is 4.15. The Morgan fingerprint density at radius 2 is 1.77 bits per heavy atom. The lowest BCUT2D eigenvalue weighted by Crippen LogP contribution is -2.10. The molecule has 0 atom stereocenters. The van der Waals surface area contributed by atoms with Crippen LogP contribution in [0.2, 0.25) is 0 Å². The summed E-state index contributed by atoms with van der Waals surface area (Å²) in [6.07, 6.45) is 1.84. The normalized spacial score (nSPS) is 12.3. The Hall–Kier alpha value is -1.11. The van der Waals surface area contributed by atoms with E-state index in [0.29, 0.717) is 0 Å². The first-order valence-corrected chi connectivity index (χ1v) is 4.64. The first kappa shape index (κ1) is 9.97. The molecule has 0 bridgehead atoms. The minimum Gasteiger partial charge on any atom is -0.261 e. The van der Waals surface area contributed by atoms with Gasteiger partial charge >= 0.3 is 0 Å². The van der Waals surface area contributed by atoms with Crippen molar-refractivity contribution in [2.24, 2.45) is 4.99 Å². The van der Waals surface area contributed by atoms with Gasteiger partial charge in [0.1, 0.15) is 0 Å². The number of rotatable bonds is 1. The van der Waals surface area contributed by atoms with Gasteiger partial charge in [-0.3, -0.25) is 4.99 Å². The van der Waals surface area contributed by atoms with Gasteiger partial charge < -0.3 is 0 Å². The number of para-hydroxylation sites is 1. The number of benzene rings is 1. The number of nitrogens with zero attached hydrogens (tertiary/aromatic N) is 1. The van der Waals surface area contributed by atoms with E-state index >= 15 is 0 Å². The molecule has 0 heterocycles. The second kappa shape index (κ2) is 3.73. The van der Waals surface area contributed by atoms with E-state index in [1.54, 1.807) is 0 Å². The lowest BCUT2D eigenvalue weighted by molar-refractivity contribution is 0.591. The molecule has 0 radical (unpaired) electrons. The van der Waals surface area contributed by atoms with Crippen molar-refractivity contribution in [2.75, 3.05) is 0 Å². The van der Waals surface area contributed by atoms with Crippen molar-refractivity contribution in [1.29, 1.82) is 0 Å². The molecule has 0 spiro atoms. The molecule has 0 aliphatic rings. The molecule has 0 aliphatic heterocycles. The Balaban J connectivity index is 3.20. The summed E-state index contributed by atoms with van der Waals surface area (Å²) in [6, 6.07) is 8.29. The molecule has 1 nitrogen and oxygen atoms in total. The molecule has 70 valence electrons. The van der Waals surface area contributed by atoms with E-state index in [-0.39, 0.29) is 5.41 Å². The van der Waals surface area contributed by atoms with Crippen LogP contribution in [0.3, 0.4) is 0 Å². The molecule has 1 heteroatoms. The molecule has 0 fully saturated rings. The van der Waals surface area contributed by atoms with Gasteiger partial charge in [-0.15, -0.1) is 0 Å². The van der Waals surface area contributed by atoms with Gasteiger partial charge in [-0.25, -0.2) is 0 Å². The first-order chi connectivity index (χ1) is 6.05. The smallest absolute Gasteiger partial charge is 0.0662 e. The Bertz CT molecular complexity index is 305. The van der Waals surface area contributed by atoms with Gasteiger partial charge in [0.15, 0.2) is 0 Å². The van der Waals surface area contributed by atoms with Crippen molar-refractivity contribution >= 4 is 11.9 Å². The summed E-state index contributed by atoms with van der Waals surface area (Å²) in [5.74, 6) is 0. The molecule has 0 N–H and O–H groups in total. The molecule has 0 saturated carbocycles. The molecule has 0 aromatic heterocycles. The van der Waals surface area contributed by atoms with Gasteiger partial charge in [-0.05, 0) is 24.0 Å². The predicted molar refractivity (Wildman–Crippen MR) is 59.0 cm³/mol. The van der Waals surface area contributed by atoms with Crippen LogP contribution >= 0.6 is 0 Å². The van der Waals surface area contributed by atoms with Crippen LogP contribution in [0, 0.1) is 0 Å². The highest BCUT2D eigenvalue weighted by Crippen LogP contribution is 2.30. The van der Waals surface area contributed by atoms with Crippen LogP contribution < -0.4 is 0 Å². The summed E-state index contributed by atoms with van der Waals surface area (Å²) in [7, 11) is 0. The molecule has 1 rings (SSSR count). The van der Waals surface area contributed by atoms with Crippen LogP contribution in [0.4, 0.5) is 5.69 Å². The highest BCUT2D eigenvalue weighted by molar-refractivity contribution is 5.63. The maximum absolute atomic E-state index is 4.35. The van der Waals surface area contributed by atoms with Crippen molar-refractivity contribution in [1.82, 2.24) is 0 Å². The minimum atomic E-state index is 0.170. The standard InChI is InChI=1S/C12H17N/c1-5-13-11-9-7-6-8-10(11)12(2,3)4/h5-9H,1-4H3. The quantitative estimate of drug-likeness (QED) is 0.577. The van der Waals surface area contributed by atoms with Crippen molar-refractivity contribution in [3.05, 3.63) is 29.8 Å². The van der Waals surface area contributed by atoms with Crippen LogP contribution in [0.25, 0.3) is 0 Å². The highest BCUT2D eigenvalue weighted by atomic mass is 14.7. The number of hydrogen-bond donors (Lipinski definition) is 0. The summed E-state index contributed by atoms with van der Waals surface area (Å²) in [6.45, 7) is 8.56. The fourth-order valence-corrected chi connectivity index (χ4v) is 1.36. The second-order valence-corrected chi connectivity index (χ2v) is 4.15. The zero-order chi connectivity index (χ0) is 9.90. The van der Waals surface area contributed by atoms with Gasteiger partial charge in [0.25, 0.3) is 0 Å². The minimum absolute atomic E-state index is 0.170. The van der Waals surface area contributed by atoms with Crippen LogP contribution in [0.15, 0.2) is 29.3 Å². The maximum Gasteiger partial charge on any atom is 0.0662 e. The van der Waals surface area contributed by atoms with E-state index in [1.165, 1.54) is 5.56 Å². The zero-order valence-corrected chi connectivity index (χ0v) is 8.83. The van der Waals surface area contributed by atoms with Crippen LogP contribution in [0.5, 0.6) is 0 Å². The van der Waals surface area contributed by atoms with Gasteiger partial charge in [0.2, 0.25) is 0 Å². The monoisotopic (exact) mass is 175 g/mol. The van der Waals surface area contributed by atoms with Gasteiger partial charge in [-0.1, -0.05) is 39.0 Å². The third-order valence-electron chi connectivity index (χ3n) is 1.98. The maximum atomic E-state index is 4.35. The van der Waals surface area contributed by atoms with Crippen molar-refractivity contribution in [3.63, 3.8) is 0 Å². The Kier molecular flexibility index (Phi) is 2.86. The summed E-state index contributed by atoms with van der Waals surface area (Å²) < 4.78 is 0. The molecule has 0 aliphatic carbocycles. The predicted octanol–water partition coefficient (Wildman–Crippen LogP) is 3.71. The van der Waals surface area contributed by atoms with Gasteiger partial charge in [0.05, 0.1) is 5.69 Å². The number of aliphatic imine (C=N–C) groups is 1. The van der Waals surface area contributed by atoms with E-state index in [9.17, 15) is 0 Å². The molecular weight excluding hydrogens is 158 g/mol. The Labute approximate surface area is 80.5 Å². The van der Waals surface area contributed by atoms with Crippen molar-refractivity contribution in [3.8, 4) is 0 Å². The van der Waals surface area contributed by atoms with Crippen molar-refractivity contribution < 1.29 is 0 Å². The lowest BCUT2D eigenvalue weighted by Gasteiger charge is -2.20. The molecule has 1 aromatic carbocycles. The van der Waals surface area contributed by atoms with E-state index in [2.05, 4.69) is 44.0 Å². The summed E-state index contributed by atoms with van der Waals surface area (Å²) in [5, 5.41) is 0. The Morgan fingerprint density at radius 3 is 2.31 bits per heavy atom. The van der Waals surface area contributed by atoms with Crippen LogP contribution in [-0.2, 0) is 5.41 Å². The lowest BCUT2D eigenvalue weighted by atomic mass is 9.86. The molecule has 0 amide bonds. The SMILES string of the molecule is CC=Nc1ccccc1C(C)(C)C. The highest BCUT2D eigenvalue weighted by Gasteiger charge is 2.16. The molecule has 1 aromatic rings. The fraction of sp³-hybridized carbons (Fsp3) is 0.417. The van der Waals surface area contributed by atoms with E-state index in [1.807, 2.05) is 19.2 Å². The van der Waals surface area contributed by atoms with Crippen molar-refractivity contribution in [2.45, 2.75) is 33.1 Å². The fourth-order valence-electron chi connectivity index (χ4n) is 1.36. The van der Waals surface area contributed by atoms with E-state index in [0.717, 1.165) is 5.69 Å². The third kappa shape index (κ3) is 2.41. The van der Waals surface area contributed by atoms with Gasteiger partial charge in [0, 0.05) is 6.21 Å². The zero-order valence-electron chi connectivity index (χ0n) is 8.83. The summed E-state index contributed by atoms with van der Waals surface area (Å²) in [4.78, 5) is 4.35. The van der Waals surface area contributed by atoms with E-state index < -0.39 is 0 Å². The van der Waals surface area contributed by atoms with Gasteiger partial charge in [-0.2, -0.15) is 0 Å². The average Bonchev–Trinajstić information content (AvgIpc) is 2.04. The van der Waals surface area contributed by atoms with E-state index in [4.69, 9.17) is 0 Å². The van der Waals surface area contributed by atoms with Crippen LogP contribution in [-0.4, -0.2) is 6.21 Å².